The van der Waals surface area contributed by atoms with Crippen molar-refractivity contribution >= 4 is 16.9 Å². The quantitative estimate of drug-likeness (QED) is 0.794. The second-order valence-corrected chi connectivity index (χ2v) is 5.86. The highest BCUT2D eigenvalue weighted by Crippen LogP contribution is 2.29. The first kappa shape index (κ1) is 16.6. The molecule has 1 aromatic heterocycles. The average Bonchev–Trinajstić information content (AvgIpc) is 2.87. The number of benzene rings is 1. The minimum absolute atomic E-state index is 0.0848. The van der Waals surface area contributed by atoms with Crippen LogP contribution in [0, 0.1) is 29.6 Å². The molecule has 2 rings (SSSR count). The average molecular weight is 309 g/mol. The second-order valence-electron chi connectivity index (χ2n) is 5.86. The van der Waals surface area contributed by atoms with Crippen LogP contribution in [0.4, 0.5) is 0 Å². The van der Waals surface area contributed by atoms with Crippen LogP contribution in [0.15, 0.2) is 22.8 Å². The summed E-state index contributed by atoms with van der Waals surface area (Å²) < 4.78 is 5.56. The van der Waals surface area contributed by atoms with Gasteiger partial charge in [0.25, 0.3) is 0 Å². The van der Waals surface area contributed by atoms with Crippen LogP contribution >= 0.6 is 0 Å². The number of furan rings is 1. The predicted molar refractivity (Wildman–Crippen MR) is 86.6 cm³/mol. The van der Waals surface area contributed by atoms with E-state index in [0.717, 1.165) is 22.1 Å². The lowest BCUT2D eigenvalue weighted by Gasteiger charge is -2.15. The van der Waals surface area contributed by atoms with Crippen molar-refractivity contribution in [2.45, 2.75) is 33.1 Å². The van der Waals surface area contributed by atoms with Crippen LogP contribution in [0.25, 0.3) is 11.0 Å². The van der Waals surface area contributed by atoms with E-state index in [1.54, 1.807) is 6.26 Å². The Labute approximate surface area is 135 Å². The highest BCUT2D eigenvalue weighted by Gasteiger charge is 2.17. The highest BCUT2D eigenvalue weighted by molar-refractivity contribution is 5.88. The van der Waals surface area contributed by atoms with Gasteiger partial charge in [0.2, 0.25) is 5.91 Å². The van der Waals surface area contributed by atoms with Crippen LogP contribution in [-0.2, 0) is 11.2 Å². The molecule has 0 aliphatic rings. The van der Waals surface area contributed by atoms with E-state index in [4.69, 9.17) is 14.9 Å². The Balaban J connectivity index is 2.33. The minimum Gasteiger partial charge on any atom is -0.464 e. The molecule has 118 valence electrons. The molecule has 2 aromatic rings. The molecule has 0 radical (unpaired) electrons. The van der Waals surface area contributed by atoms with Crippen molar-refractivity contribution in [2.75, 3.05) is 13.1 Å². The summed E-state index contributed by atoms with van der Waals surface area (Å²) >= 11 is 0. The van der Waals surface area contributed by atoms with E-state index in [0.29, 0.717) is 5.92 Å². The van der Waals surface area contributed by atoms with Gasteiger partial charge in [0.1, 0.15) is 18.7 Å². The zero-order valence-electron chi connectivity index (χ0n) is 13.6. The minimum atomic E-state index is -0.248. The number of carbonyl (C=O) groups excluding carboxylic acids is 1. The van der Waals surface area contributed by atoms with Gasteiger partial charge >= 0.3 is 0 Å². The Morgan fingerprint density at radius 3 is 2.48 bits per heavy atom. The molecule has 1 heterocycles. The maximum Gasteiger partial charge on any atom is 0.228 e. The molecule has 0 saturated heterocycles. The molecule has 0 unspecified atom stereocenters. The van der Waals surface area contributed by atoms with E-state index < -0.39 is 0 Å². The van der Waals surface area contributed by atoms with Crippen molar-refractivity contribution in [1.82, 2.24) is 4.90 Å². The molecule has 0 aliphatic carbocycles. The number of amides is 1. The first-order valence-corrected chi connectivity index (χ1v) is 7.50. The van der Waals surface area contributed by atoms with Gasteiger partial charge in [-0.1, -0.05) is 13.8 Å². The zero-order valence-corrected chi connectivity index (χ0v) is 13.6. The first-order chi connectivity index (χ1) is 11.0. The summed E-state index contributed by atoms with van der Waals surface area (Å²) in [4.78, 5) is 13.5. The van der Waals surface area contributed by atoms with Crippen molar-refractivity contribution in [3.63, 3.8) is 0 Å². The molecule has 5 nitrogen and oxygen atoms in total. The van der Waals surface area contributed by atoms with Gasteiger partial charge in [0, 0.05) is 10.9 Å². The second kappa shape index (κ2) is 6.98. The van der Waals surface area contributed by atoms with Crippen LogP contribution < -0.4 is 0 Å². The van der Waals surface area contributed by atoms with E-state index in [2.05, 4.69) is 19.9 Å². The molecular weight excluding hydrogens is 290 g/mol. The fourth-order valence-electron chi connectivity index (χ4n) is 2.68. The molecule has 1 aromatic carbocycles. The number of carbonyl (C=O) groups is 1. The third kappa shape index (κ3) is 3.52. The number of rotatable bonds is 5. The molecule has 5 heteroatoms. The largest absolute Gasteiger partial charge is 0.464 e. The van der Waals surface area contributed by atoms with E-state index in [9.17, 15) is 4.79 Å². The van der Waals surface area contributed by atoms with Crippen molar-refractivity contribution in [2.24, 2.45) is 0 Å². The van der Waals surface area contributed by atoms with Gasteiger partial charge in [-0.15, -0.1) is 0 Å². The number of aryl methyl sites for hydroxylation is 1. The summed E-state index contributed by atoms with van der Waals surface area (Å²) in [5.41, 5.74) is 3.92. The molecule has 1 amide bonds. The summed E-state index contributed by atoms with van der Waals surface area (Å²) in [5.74, 6) is 0.133. The lowest BCUT2D eigenvalue weighted by molar-refractivity contribution is -0.129. The van der Waals surface area contributed by atoms with Gasteiger partial charge in [-0.05, 0) is 36.1 Å². The molecule has 0 N–H and O–H groups in total. The van der Waals surface area contributed by atoms with Gasteiger partial charge in [-0.2, -0.15) is 10.5 Å². The SMILES string of the molecule is Cc1cc2occ(CC(=O)N(CC#N)CC#N)c2cc1C(C)C. The molecule has 0 atom stereocenters. The fourth-order valence-corrected chi connectivity index (χ4v) is 2.68. The molecular formula is C18H19N3O2. The number of nitrogens with zero attached hydrogens (tertiary/aromatic N) is 3. The van der Waals surface area contributed by atoms with Gasteiger partial charge in [0.15, 0.2) is 0 Å². The molecule has 0 saturated carbocycles. The molecule has 0 spiro atoms. The van der Waals surface area contributed by atoms with Gasteiger partial charge in [-0.25, -0.2) is 0 Å². The predicted octanol–water partition coefficient (Wildman–Crippen LogP) is 3.28. The summed E-state index contributed by atoms with van der Waals surface area (Å²) in [6.07, 6.45) is 1.71. The third-order valence-corrected chi connectivity index (χ3v) is 3.88. The maximum absolute atomic E-state index is 12.3. The first-order valence-electron chi connectivity index (χ1n) is 7.50. The Hall–Kier alpha value is -2.79. The maximum atomic E-state index is 12.3. The Bertz CT molecular complexity index is 790. The van der Waals surface area contributed by atoms with Crippen LogP contribution in [0.5, 0.6) is 0 Å². The van der Waals surface area contributed by atoms with Crippen LogP contribution in [0.2, 0.25) is 0 Å². The Morgan fingerprint density at radius 2 is 1.91 bits per heavy atom. The lowest BCUT2D eigenvalue weighted by Crippen LogP contribution is -2.32. The van der Waals surface area contributed by atoms with E-state index in [1.807, 2.05) is 25.1 Å². The van der Waals surface area contributed by atoms with Crippen LogP contribution in [0.1, 0.15) is 36.5 Å². The monoisotopic (exact) mass is 309 g/mol. The number of nitriles is 2. The van der Waals surface area contributed by atoms with Crippen LogP contribution in [-0.4, -0.2) is 23.9 Å². The van der Waals surface area contributed by atoms with E-state index >= 15 is 0 Å². The number of hydrogen-bond donors (Lipinski definition) is 0. The number of hydrogen-bond acceptors (Lipinski definition) is 4. The third-order valence-electron chi connectivity index (χ3n) is 3.88. The van der Waals surface area contributed by atoms with Crippen LogP contribution in [0.3, 0.4) is 0 Å². The van der Waals surface area contributed by atoms with Gasteiger partial charge in [-0.3, -0.25) is 4.79 Å². The lowest BCUT2D eigenvalue weighted by atomic mass is 9.95. The standard InChI is InChI=1S/C18H19N3O2/c1-12(2)15-10-16-14(11-23-17(16)8-13(15)3)9-18(22)21(6-4-19)7-5-20/h8,10-12H,6-7,9H2,1-3H3. The van der Waals surface area contributed by atoms with Gasteiger partial charge < -0.3 is 9.32 Å². The zero-order chi connectivity index (χ0) is 17.0. The van der Waals surface area contributed by atoms with Crippen molar-refractivity contribution in [3.05, 3.63) is 35.1 Å². The van der Waals surface area contributed by atoms with Crippen molar-refractivity contribution in [1.29, 1.82) is 10.5 Å². The topological polar surface area (TPSA) is 81.0 Å². The van der Waals surface area contributed by atoms with E-state index in [-0.39, 0.29) is 25.4 Å². The molecule has 0 aliphatic heterocycles. The summed E-state index contributed by atoms with van der Waals surface area (Å²) in [6.45, 7) is 6.13. The molecule has 0 fully saturated rings. The summed E-state index contributed by atoms with van der Waals surface area (Å²) in [6, 6.07) is 7.88. The Kier molecular flexibility index (Phi) is 5.03. The number of fused-ring (bicyclic) bond motifs is 1. The summed E-state index contributed by atoms with van der Waals surface area (Å²) in [7, 11) is 0. The Morgan fingerprint density at radius 1 is 1.26 bits per heavy atom. The summed E-state index contributed by atoms with van der Waals surface area (Å²) in [5, 5.41) is 18.5. The molecule has 23 heavy (non-hydrogen) atoms. The van der Waals surface area contributed by atoms with Crippen molar-refractivity contribution in [3.8, 4) is 12.1 Å². The van der Waals surface area contributed by atoms with Crippen molar-refractivity contribution < 1.29 is 9.21 Å². The molecule has 0 bridgehead atoms. The van der Waals surface area contributed by atoms with E-state index in [1.165, 1.54) is 10.5 Å². The normalized spacial score (nSPS) is 10.5. The highest BCUT2D eigenvalue weighted by atomic mass is 16.3. The smallest absolute Gasteiger partial charge is 0.228 e. The van der Waals surface area contributed by atoms with Gasteiger partial charge in [0.05, 0.1) is 24.8 Å². The fraction of sp³-hybridized carbons (Fsp3) is 0.389.